The lowest BCUT2D eigenvalue weighted by molar-refractivity contribution is -0.123. The predicted molar refractivity (Wildman–Crippen MR) is 87.6 cm³/mol. The van der Waals surface area contributed by atoms with Gasteiger partial charge < -0.3 is 19.9 Å². The summed E-state index contributed by atoms with van der Waals surface area (Å²) in [7, 11) is 0. The Morgan fingerprint density at radius 1 is 1.22 bits per heavy atom. The van der Waals surface area contributed by atoms with Gasteiger partial charge in [-0.2, -0.15) is 0 Å². The number of anilines is 1. The van der Waals surface area contributed by atoms with Gasteiger partial charge in [0.05, 0.1) is 6.26 Å². The van der Waals surface area contributed by atoms with Crippen LogP contribution in [0.15, 0.2) is 53.2 Å². The fourth-order valence-corrected chi connectivity index (χ4v) is 2.22. The number of nitrogens with one attached hydrogen (secondary N) is 3. The highest BCUT2D eigenvalue weighted by molar-refractivity contribution is 6.30. The second kappa shape index (κ2) is 7.21. The zero-order valence-electron chi connectivity index (χ0n) is 12.2. The normalized spacial score (nSPS) is 16.6. The van der Waals surface area contributed by atoms with E-state index in [2.05, 4.69) is 16.1 Å². The maximum Gasteiger partial charge on any atom is 0.244 e. The summed E-state index contributed by atoms with van der Waals surface area (Å²) in [6.45, 7) is 1.10. The van der Waals surface area contributed by atoms with Crippen LogP contribution in [0.4, 0.5) is 5.69 Å². The number of rotatable bonds is 6. The molecule has 6 nitrogen and oxygen atoms in total. The van der Waals surface area contributed by atoms with E-state index < -0.39 is 6.04 Å². The summed E-state index contributed by atoms with van der Waals surface area (Å²) in [4.78, 5) is 17.3. The van der Waals surface area contributed by atoms with Gasteiger partial charge in [-0.15, -0.1) is 5.48 Å². The van der Waals surface area contributed by atoms with E-state index in [4.69, 9.17) is 20.9 Å². The Morgan fingerprint density at radius 3 is 2.78 bits per heavy atom. The van der Waals surface area contributed by atoms with Crippen LogP contribution in [-0.2, 0) is 9.63 Å². The largest absolute Gasteiger partial charge is 0.461 e. The topological polar surface area (TPSA) is 75.5 Å². The summed E-state index contributed by atoms with van der Waals surface area (Å²) in [5.41, 5.74) is 3.61. The molecule has 0 spiro atoms. The van der Waals surface area contributed by atoms with Crippen molar-refractivity contribution in [3.63, 3.8) is 0 Å². The van der Waals surface area contributed by atoms with E-state index in [1.54, 1.807) is 24.5 Å². The molecule has 2 heterocycles. The average molecular weight is 334 g/mol. The second-order valence-corrected chi connectivity index (χ2v) is 5.37. The summed E-state index contributed by atoms with van der Waals surface area (Å²) >= 11 is 5.82. The average Bonchev–Trinajstić information content (AvgIpc) is 3.23. The lowest BCUT2D eigenvalue weighted by atomic mass is 10.2. The van der Waals surface area contributed by atoms with E-state index in [0.717, 1.165) is 5.69 Å². The van der Waals surface area contributed by atoms with Crippen molar-refractivity contribution >= 4 is 29.0 Å². The van der Waals surface area contributed by atoms with Crippen molar-refractivity contribution in [3.05, 3.63) is 59.5 Å². The zero-order chi connectivity index (χ0) is 16.1. The Labute approximate surface area is 138 Å². The van der Waals surface area contributed by atoms with Gasteiger partial charge in [0.1, 0.15) is 6.04 Å². The molecule has 1 atom stereocenters. The minimum Gasteiger partial charge on any atom is -0.461 e. The van der Waals surface area contributed by atoms with Crippen LogP contribution in [0.2, 0.25) is 5.02 Å². The first kappa shape index (κ1) is 15.5. The molecule has 0 bridgehead atoms. The van der Waals surface area contributed by atoms with Gasteiger partial charge in [-0.3, -0.25) is 4.79 Å². The minimum atomic E-state index is -0.536. The van der Waals surface area contributed by atoms with Crippen LogP contribution >= 0.6 is 11.6 Å². The molecule has 0 aliphatic carbocycles. The van der Waals surface area contributed by atoms with Crippen LogP contribution in [0.25, 0.3) is 5.76 Å². The van der Waals surface area contributed by atoms with Crippen LogP contribution in [-0.4, -0.2) is 25.0 Å². The molecule has 0 saturated heterocycles. The Hall–Kier alpha value is -2.44. The number of benzene rings is 1. The van der Waals surface area contributed by atoms with E-state index in [-0.39, 0.29) is 5.91 Å². The number of amides is 1. The molecular weight excluding hydrogens is 318 g/mol. The first-order valence-corrected chi connectivity index (χ1v) is 7.55. The molecule has 120 valence electrons. The Morgan fingerprint density at radius 2 is 2.04 bits per heavy atom. The van der Waals surface area contributed by atoms with Crippen LogP contribution in [0, 0.1) is 0 Å². The molecule has 1 aliphatic heterocycles. The smallest absolute Gasteiger partial charge is 0.244 e. The first-order valence-electron chi connectivity index (χ1n) is 7.17. The van der Waals surface area contributed by atoms with Crippen LogP contribution in [0.1, 0.15) is 5.76 Å². The van der Waals surface area contributed by atoms with Crippen molar-refractivity contribution in [2.24, 2.45) is 0 Å². The van der Waals surface area contributed by atoms with Gasteiger partial charge in [0.25, 0.3) is 0 Å². The van der Waals surface area contributed by atoms with Crippen molar-refractivity contribution < 1.29 is 14.0 Å². The highest BCUT2D eigenvalue weighted by Crippen LogP contribution is 2.20. The van der Waals surface area contributed by atoms with E-state index in [1.807, 2.05) is 24.3 Å². The maximum absolute atomic E-state index is 12.0. The third-order valence-electron chi connectivity index (χ3n) is 3.26. The SMILES string of the molecule is O=C(NCCNc1ccc(Cl)cc1)C1C=C(c2ccco2)ON1. The Balaban J connectivity index is 1.42. The number of furan rings is 1. The minimum absolute atomic E-state index is 0.163. The molecule has 1 aromatic carbocycles. The molecule has 1 aliphatic rings. The van der Waals surface area contributed by atoms with Crippen molar-refractivity contribution in [3.8, 4) is 0 Å². The molecular formula is C16H16ClN3O3. The van der Waals surface area contributed by atoms with Crippen molar-refractivity contribution in [1.29, 1.82) is 0 Å². The highest BCUT2D eigenvalue weighted by Gasteiger charge is 2.25. The van der Waals surface area contributed by atoms with Crippen molar-refractivity contribution in [2.45, 2.75) is 6.04 Å². The van der Waals surface area contributed by atoms with E-state index in [0.29, 0.717) is 29.6 Å². The molecule has 3 rings (SSSR count). The standard InChI is InChI=1S/C16H16ClN3O3/c17-11-3-5-12(6-4-11)18-7-8-19-16(21)13-10-15(23-20-13)14-2-1-9-22-14/h1-6,9-10,13,18,20H,7-8H2,(H,19,21). The van der Waals surface area contributed by atoms with Gasteiger partial charge in [0, 0.05) is 23.8 Å². The molecule has 23 heavy (non-hydrogen) atoms. The molecule has 1 amide bonds. The quantitative estimate of drug-likeness (QED) is 0.708. The molecule has 0 saturated carbocycles. The molecule has 2 aromatic rings. The van der Waals surface area contributed by atoms with Crippen molar-refractivity contribution in [2.75, 3.05) is 18.4 Å². The number of halogens is 1. The van der Waals surface area contributed by atoms with E-state index in [1.165, 1.54) is 0 Å². The Bertz CT molecular complexity index is 683. The summed E-state index contributed by atoms with van der Waals surface area (Å²) in [6.07, 6.45) is 3.23. The lowest BCUT2D eigenvalue weighted by Crippen LogP contribution is -2.41. The van der Waals surface area contributed by atoms with Gasteiger partial charge in [-0.05, 0) is 42.5 Å². The zero-order valence-corrected chi connectivity index (χ0v) is 13.0. The third kappa shape index (κ3) is 4.06. The van der Waals surface area contributed by atoms with Crippen LogP contribution < -0.4 is 16.1 Å². The highest BCUT2D eigenvalue weighted by atomic mass is 35.5. The molecule has 1 aromatic heterocycles. The summed E-state index contributed by atoms with van der Waals surface area (Å²) in [5, 5.41) is 6.71. The molecule has 0 fully saturated rings. The summed E-state index contributed by atoms with van der Waals surface area (Å²) < 4.78 is 5.22. The van der Waals surface area contributed by atoms with Gasteiger partial charge in [0.2, 0.25) is 5.91 Å². The third-order valence-corrected chi connectivity index (χ3v) is 3.51. The number of hydroxylamine groups is 1. The van der Waals surface area contributed by atoms with E-state index >= 15 is 0 Å². The predicted octanol–water partition coefficient (Wildman–Crippen LogP) is 2.41. The number of hydrogen-bond donors (Lipinski definition) is 3. The second-order valence-electron chi connectivity index (χ2n) is 4.93. The molecule has 7 heteroatoms. The van der Waals surface area contributed by atoms with Crippen LogP contribution in [0.3, 0.4) is 0 Å². The number of carbonyl (C=O) groups excluding carboxylic acids is 1. The van der Waals surface area contributed by atoms with Gasteiger partial charge in [-0.25, -0.2) is 0 Å². The van der Waals surface area contributed by atoms with Gasteiger partial charge >= 0.3 is 0 Å². The number of carbonyl (C=O) groups is 1. The molecule has 1 unspecified atom stereocenters. The lowest BCUT2D eigenvalue weighted by Gasteiger charge is -2.10. The van der Waals surface area contributed by atoms with E-state index in [9.17, 15) is 4.79 Å². The van der Waals surface area contributed by atoms with Gasteiger partial charge in [0.15, 0.2) is 11.5 Å². The summed E-state index contributed by atoms with van der Waals surface area (Å²) in [6, 6.07) is 10.4. The fraction of sp³-hybridized carbons (Fsp3) is 0.188. The molecule has 0 radical (unpaired) electrons. The van der Waals surface area contributed by atoms with Crippen molar-refractivity contribution in [1.82, 2.24) is 10.8 Å². The van der Waals surface area contributed by atoms with Gasteiger partial charge in [-0.1, -0.05) is 11.6 Å². The monoisotopic (exact) mass is 333 g/mol. The fourth-order valence-electron chi connectivity index (χ4n) is 2.10. The molecule has 3 N–H and O–H groups in total. The van der Waals surface area contributed by atoms with Crippen LogP contribution in [0.5, 0.6) is 0 Å². The Kier molecular flexibility index (Phi) is 4.85. The summed E-state index contributed by atoms with van der Waals surface area (Å²) in [5.74, 6) is 0.927. The maximum atomic E-state index is 12.0. The number of hydrogen-bond acceptors (Lipinski definition) is 5. The first-order chi connectivity index (χ1) is 11.2.